The summed E-state index contributed by atoms with van der Waals surface area (Å²) < 4.78 is 0. The maximum Gasteiger partial charge on any atom is 0.328 e. The maximum absolute atomic E-state index is 14.3. The number of likely N-dealkylation sites (tertiary alicyclic amines) is 1. The molecule has 0 bridgehead atoms. The quantitative estimate of drug-likeness (QED) is 0.0588. The standard InChI is InChI=1S/C41H62N10O11/c1-8-23(4)34(39(59)46-29(17-26-18-43-21-44-26)40(60)51-15-9-10-30(51)37(57)49-35(24(5)52)41(61)62)48-36(56)28(16-25-11-13-27(53)14-12-25)45-38(58)33(22(2)3)47-31(54)20-50(7)32(55)19-42-6/h11-14,18,21-24,28-30,33-35,42,52-53H,8-10,15-17,19-20H2,1-7H3,(H,43,44)(H,45,58)(H,46,59)(H,47,54)(H,48,56)(H,49,57)(H,61,62)/t23-,24+,28-,29-,30-,33-,34-,35-/m0/s1. The molecule has 342 valence electrons. The molecule has 2 heterocycles. The predicted molar refractivity (Wildman–Crippen MR) is 224 cm³/mol. The number of nitrogens with one attached hydrogen (secondary N) is 7. The fourth-order valence-corrected chi connectivity index (χ4v) is 6.86. The number of aromatic nitrogens is 2. The van der Waals surface area contributed by atoms with Gasteiger partial charge in [0.2, 0.25) is 41.4 Å². The summed E-state index contributed by atoms with van der Waals surface area (Å²) in [6, 6.07) is -1.77. The lowest BCUT2D eigenvalue weighted by molar-refractivity contribution is -0.147. The zero-order chi connectivity index (χ0) is 46.3. The van der Waals surface area contributed by atoms with Crippen LogP contribution < -0.4 is 31.9 Å². The van der Waals surface area contributed by atoms with Gasteiger partial charge < -0.3 is 62.0 Å². The van der Waals surface area contributed by atoms with Crippen molar-refractivity contribution in [3.05, 3.63) is 48.0 Å². The van der Waals surface area contributed by atoms with Gasteiger partial charge in [0.1, 0.15) is 36.0 Å². The minimum absolute atomic E-state index is 0.00252. The molecule has 8 atom stereocenters. The van der Waals surface area contributed by atoms with Gasteiger partial charge in [-0.3, -0.25) is 33.6 Å². The van der Waals surface area contributed by atoms with Gasteiger partial charge in [-0.2, -0.15) is 0 Å². The second-order valence-corrected chi connectivity index (χ2v) is 16.0. The van der Waals surface area contributed by atoms with Crippen molar-refractivity contribution >= 4 is 47.3 Å². The number of aliphatic hydroxyl groups is 1. The van der Waals surface area contributed by atoms with E-state index in [9.17, 15) is 53.7 Å². The number of benzene rings is 1. The van der Waals surface area contributed by atoms with Gasteiger partial charge in [0.05, 0.1) is 25.5 Å². The first kappa shape index (κ1) is 50.3. The van der Waals surface area contributed by atoms with Crippen molar-refractivity contribution in [3.63, 3.8) is 0 Å². The minimum atomic E-state index is -1.62. The van der Waals surface area contributed by atoms with E-state index in [1.165, 1.54) is 48.4 Å². The van der Waals surface area contributed by atoms with Crippen LogP contribution in [0.2, 0.25) is 0 Å². The first-order valence-electron chi connectivity index (χ1n) is 20.6. The third kappa shape index (κ3) is 14.5. The van der Waals surface area contributed by atoms with Crippen molar-refractivity contribution < 1.29 is 53.7 Å². The van der Waals surface area contributed by atoms with Crippen LogP contribution in [0.25, 0.3) is 0 Å². The smallest absolute Gasteiger partial charge is 0.328 e. The van der Waals surface area contributed by atoms with Crippen LogP contribution in [0.1, 0.15) is 65.1 Å². The van der Waals surface area contributed by atoms with Crippen LogP contribution in [0.3, 0.4) is 0 Å². The number of carboxylic acid groups (broad SMARTS) is 1. The Balaban J connectivity index is 1.90. The number of hydrogen-bond donors (Lipinski definition) is 10. The summed E-state index contributed by atoms with van der Waals surface area (Å²) in [6.07, 6.45) is 2.22. The number of carbonyl (C=O) groups excluding carboxylic acids is 7. The molecule has 62 heavy (non-hydrogen) atoms. The Morgan fingerprint density at radius 1 is 0.871 bits per heavy atom. The Hall–Kier alpha value is -6.09. The van der Waals surface area contributed by atoms with Gasteiger partial charge in [0.15, 0.2) is 6.04 Å². The lowest BCUT2D eigenvalue weighted by atomic mass is 9.96. The van der Waals surface area contributed by atoms with E-state index in [2.05, 4.69) is 41.9 Å². The average Bonchev–Trinajstić information content (AvgIpc) is 3.93. The van der Waals surface area contributed by atoms with E-state index in [0.717, 1.165) is 0 Å². The number of aliphatic hydroxyl groups excluding tert-OH is 1. The molecule has 2 aromatic rings. The molecule has 1 aromatic heterocycles. The molecule has 0 spiro atoms. The first-order valence-corrected chi connectivity index (χ1v) is 20.6. The molecule has 1 saturated heterocycles. The number of amides is 7. The van der Waals surface area contributed by atoms with Crippen molar-refractivity contribution in [1.29, 1.82) is 0 Å². The van der Waals surface area contributed by atoms with Gasteiger partial charge >= 0.3 is 5.97 Å². The van der Waals surface area contributed by atoms with E-state index in [4.69, 9.17) is 0 Å². The Labute approximate surface area is 360 Å². The number of aliphatic carboxylic acids is 1. The second kappa shape index (κ2) is 23.8. The van der Waals surface area contributed by atoms with Crippen LogP contribution in [0.15, 0.2) is 36.8 Å². The number of imidazole rings is 1. The minimum Gasteiger partial charge on any atom is -0.508 e. The lowest BCUT2D eigenvalue weighted by Crippen LogP contribution is -2.61. The third-order valence-electron chi connectivity index (χ3n) is 10.7. The molecule has 1 aromatic carbocycles. The molecule has 21 heteroatoms. The van der Waals surface area contributed by atoms with E-state index < -0.39 is 95.6 Å². The summed E-state index contributed by atoms with van der Waals surface area (Å²) in [5.41, 5.74) is 1.01. The van der Waals surface area contributed by atoms with E-state index in [0.29, 0.717) is 24.1 Å². The molecule has 0 unspecified atom stereocenters. The van der Waals surface area contributed by atoms with Gasteiger partial charge in [0, 0.05) is 38.3 Å². The van der Waals surface area contributed by atoms with E-state index >= 15 is 0 Å². The number of rotatable bonds is 23. The van der Waals surface area contributed by atoms with Crippen LogP contribution in [0.5, 0.6) is 5.75 Å². The molecule has 10 N–H and O–H groups in total. The maximum atomic E-state index is 14.3. The van der Waals surface area contributed by atoms with Gasteiger partial charge in [0.25, 0.3) is 0 Å². The Bertz CT molecular complexity index is 1860. The Morgan fingerprint density at radius 3 is 2.08 bits per heavy atom. The summed E-state index contributed by atoms with van der Waals surface area (Å²) in [7, 11) is 3.03. The molecule has 1 fully saturated rings. The van der Waals surface area contributed by atoms with Crippen LogP contribution >= 0.6 is 0 Å². The highest BCUT2D eigenvalue weighted by Gasteiger charge is 2.41. The highest BCUT2D eigenvalue weighted by atomic mass is 16.4. The SMILES string of the molecule is CC[C@H](C)[C@H](NC(=O)[C@H](Cc1ccc(O)cc1)NC(=O)[C@@H](NC(=O)CN(C)C(=O)CNC)C(C)C)C(=O)N[C@@H](Cc1cnc[nH]1)C(=O)N1CCC[C@H]1C(=O)N[C@H](C(=O)O)[C@@H](C)O. The molecular formula is C41H62N10O11. The van der Waals surface area contributed by atoms with Gasteiger partial charge in [-0.15, -0.1) is 0 Å². The van der Waals surface area contributed by atoms with Crippen LogP contribution in [0.4, 0.5) is 0 Å². The van der Waals surface area contributed by atoms with Crippen molar-refractivity contribution in [2.75, 3.05) is 33.7 Å². The summed E-state index contributed by atoms with van der Waals surface area (Å²) >= 11 is 0. The summed E-state index contributed by atoms with van der Waals surface area (Å²) in [5.74, 6) is -7.08. The van der Waals surface area contributed by atoms with Crippen molar-refractivity contribution in [1.82, 2.24) is 51.7 Å². The summed E-state index contributed by atoms with van der Waals surface area (Å²) in [4.78, 5) is 116. The Morgan fingerprint density at radius 2 is 1.52 bits per heavy atom. The van der Waals surface area contributed by atoms with E-state index in [-0.39, 0.29) is 50.6 Å². The predicted octanol–water partition coefficient (Wildman–Crippen LogP) is -1.84. The molecule has 3 rings (SSSR count). The number of aromatic hydroxyl groups is 1. The molecule has 1 aliphatic rings. The topological polar surface area (TPSA) is 305 Å². The number of H-pyrrole nitrogens is 1. The summed E-state index contributed by atoms with van der Waals surface area (Å²) in [5, 5.41) is 45.2. The Kier molecular flexibility index (Phi) is 19.3. The molecule has 21 nitrogen and oxygen atoms in total. The monoisotopic (exact) mass is 870 g/mol. The van der Waals surface area contributed by atoms with Crippen molar-refractivity contribution in [3.8, 4) is 5.75 Å². The molecule has 7 amide bonds. The zero-order valence-electron chi connectivity index (χ0n) is 36.3. The van der Waals surface area contributed by atoms with Gasteiger partial charge in [-0.25, -0.2) is 9.78 Å². The van der Waals surface area contributed by atoms with Crippen molar-refractivity contribution in [2.45, 2.75) is 109 Å². The molecule has 0 saturated carbocycles. The summed E-state index contributed by atoms with van der Waals surface area (Å²) in [6.45, 7) is 7.90. The van der Waals surface area contributed by atoms with Crippen LogP contribution in [-0.2, 0) is 51.2 Å². The van der Waals surface area contributed by atoms with Gasteiger partial charge in [-0.1, -0.05) is 46.2 Å². The highest BCUT2D eigenvalue weighted by molar-refractivity contribution is 5.97. The molecule has 0 radical (unpaired) electrons. The second-order valence-electron chi connectivity index (χ2n) is 16.0. The third-order valence-corrected chi connectivity index (χ3v) is 10.7. The first-order chi connectivity index (χ1) is 29.3. The largest absolute Gasteiger partial charge is 0.508 e. The number of phenols is 1. The van der Waals surface area contributed by atoms with E-state index in [1.807, 2.05) is 0 Å². The average molecular weight is 871 g/mol. The fourth-order valence-electron chi connectivity index (χ4n) is 6.86. The number of likely N-dealkylation sites (N-methyl/N-ethyl adjacent to an activating group) is 2. The number of nitrogens with zero attached hydrogens (tertiary/aromatic N) is 3. The number of phenolic OH excluding ortho intramolecular Hbond substituents is 1. The van der Waals surface area contributed by atoms with Crippen LogP contribution in [-0.4, -0.2) is 158 Å². The number of carbonyl (C=O) groups is 8. The van der Waals surface area contributed by atoms with Gasteiger partial charge in [-0.05, 0) is 56.3 Å². The zero-order valence-corrected chi connectivity index (χ0v) is 36.3. The fraction of sp³-hybridized carbons (Fsp3) is 0.585. The van der Waals surface area contributed by atoms with Crippen molar-refractivity contribution in [2.24, 2.45) is 11.8 Å². The van der Waals surface area contributed by atoms with E-state index in [1.54, 1.807) is 46.9 Å². The molecule has 1 aliphatic heterocycles. The highest BCUT2D eigenvalue weighted by Crippen LogP contribution is 2.21. The lowest BCUT2D eigenvalue weighted by Gasteiger charge is -2.32. The molecular weight excluding hydrogens is 809 g/mol. The number of aromatic amines is 1. The molecule has 0 aliphatic carbocycles. The number of carboxylic acids is 1. The van der Waals surface area contributed by atoms with Crippen LogP contribution in [0, 0.1) is 11.8 Å². The normalized spacial score (nSPS) is 17.0. The number of hydrogen-bond acceptors (Lipinski definition) is 12.